The molecule has 1 aromatic heterocycles. The number of aromatic nitrogens is 3. The molecule has 0 amide bonds. The van der Waals surface area contributed by atoms with E-state index in [1.807, 2.05) is 0 Å². The van der Waals surface area contributed by atoms with Gasteiger partial charge < -0.3 is 0 Å². The Kier molecular flexibility index (Phi) is 1.21. The van der Waals surface area contributed by atoms with Crippen molar-refractivity contribution in [2.45, 2.75) is 6.17 Å². The molecule has 7 heavy (non-hydrogen) atoms. The van der Waals surface area contributed by atoms with E-state index in [2.05, 4.69) is 20.6 Å². The topological polar surface area (TPSA) is 30.7 Å². The lowest BCUT2D eigenvalue weighted by molar-refractivity contribution is 0.695. The lowest BCUT2D eigenvalue weighted by atomic mass is 10.9. The number of hydrogen-bond donors (Lipinski definition) is 0. The fourth-order valence-corrected chi connectivity index (χ4v) is 0.486. The molecule has 4 heteroatoms. The van der Waals surface area contributed by atoms with Gasteiger partial charge >= 0.3 is 0 Å². The summed E-state index contributed by atoms with van der Waals surface area (Å²) in [5.74, 6) is 0. The Morgan fingerprint density at radius 1 is 1.71 bits per heavy atom. The van der Waals surface area contributed by atoms with Gasteiger partial charge in [-0.15, -0.1) is 5.10 Å². The van der Waals surface area contributed by atoms with Crippen molar-refractivity contribution in [2.75, 3.05) is 0 Å². The average molecular weight is 110 g/mol. The monoisotopic (exact) mass is 110 g/mol. The number of hydrogen-bond acceptors (Lipinski definition) is 2. The van der Waals surface area contributed by atoms with Gasteiger partial charge in [0.2, 0.25) is 0 Å². The normalized spacial score (nSPS) is 9.29. The second-order valence-electron chi connectivity index (χ2n) is 1.10. The Morgan fingerprint density at radius 3 is 2.86 bits per heavy atom. The average Bonchev–Trinajstić information content (AvgIpc) is 2.14. The molecule has 3 radical (unpaired) electrons. The molecule has 1 rings (SSSR count). The minimum atomic E-state index is 0.708. The Hall–Kier alpha value is -0.643. The molecule has 0 N–H and O–H groups in total. The van der Waals surface area contributed by atoms with Crippen molar-refractivity contribution in [1.82, 2.24) is 15.0 Å². The van der Waals surface area contributed by atoms with E-state index in [1.165, 1.54) is 0 Å². The summed E-state index contributed by atoms with van der Waals surface area (Å²) in [6.45, 7) is 0. The largest absolute Gasteiger partial charge is 0.256 e. The van der Waals surface area contributed by atoms with Crippen molar-refractivity contribution in [1.29, 1.82) is 0 Å². The predicted molar refractivity (Wildman–Crippen MR) is 25.8 cm³/mol. The van der Waals surface area contributed by atoms with Crippen LogP contribution in [0.5, 0.6) is 0 Å². The molecule has 0 aliphatic carbocycles. The molecule has 35 valence electrons. The van der Waals surface area contributed by atoms with Crippen LogP contribution < -0.4 is 0 Å². The van der Waals surface area contributed by atoms with Crippen LogP contribution in [-0.4, -0.2) is 25.2 Å². The van der Waals surface area contributed by atoms with Crippen molar-refractivity contribution in [3.63, 3.8) is 0 Å². The van der Waals surface area contributed by atoms with E-state index in [0.717, 1.165) is 0 Å². The van der Waals surface area contributed by atoms with Crippen LogP contribution in [0.4, 0.5) is 0 Å². The van der Waals surface area contributed by atoms with Gasteiger partial charge in [-0.2, -0.15) is 0 Å². The minimum absolute atomic E-state index is 0.708. The Balaban J connectivity index is 2.76. The molecule has 0 spiro atoms. The molecule has 0 atom stereocenters. The van der Waals surface area contributed by atoms with Gasteiger partial charge in [0.1, 0.15) is 0 Å². The van der Waals surface area contributed by atoms with Crippen molar-refractivity contribution >= 4 is 10.2 Å². The molecular weight excluding hydrogens is 106 g/mol. The summed E-state index contributed by atoms with van der Waals surface area (Å²) in [4.78, 5) is 0. The molecule has 0 bridgehead atoms. The molecule has 0 unspecified atom stereocenters. The maximum atomic E-state index is 3.65. The Labute approximate surface area is 44.8 Å². The molecule has 0 aliphatic rings. The first-order valence-corrected chi connectivity index (χ1v) is 2.63. The fraction of sp³-hybridized carbons (Fsp3) is 0.333. The zero-order chi connectivity index (χ0) is 5.11. The van der Waals surface area contributed by atoms with E-state index in [-0.39, 0.29) is 0 Å². The van der Waals surface area contributed by atoms with Crippen molar-refractivity contribution < 1.29 is 0 Å². The van der Waals surface area contributed by atoms with E-state index in [1.54, 1.807) is 17.1 Å². The standard InChI is InChI=1S/C3H4N3Si/c7-3-6-2-1-4-5-6/h1-2H,3H2. The summed E-state index contributed by atoms with van der Waals surface area (Å²) in [7, 11) is 3.24. The Bertz CT molecular complexity index is 125. The summed E-state index contributed by atoms with van der Waals surface area (Å²) in [5, 5.41) is 7.23. The zero-order valence-electron chi connectivity index (χ0n) is 3.70. The van der Waals surface area contributed by atoms with Gasteiger partial charge in [0.25, 0.3) is 0 Å². The van der Waals surface area contributed by atoms with Crippen LogP contribution in [-0.2, 0) is 6.17 Å². The molecule has 1 heterocycles. The molecular formula is C3H4N3Si. The second-order valence-corrected chi connectivity index (χ2v) is 1.42. The first-order chi connectivity index (χ1) is 3.43. The van der Waals surface area contributed by atoms with Crippen molar-refractivity contribution in [3.8, 4) is 0 Å². The molecule has 1 aromatic rings. The first kappa shape index (κ1) is 4.51. The summed E-state index contributed by atoms with van der Waals surface area (Å²) in [5.41, 5.74) is 0. The third kappa shape index (κ3) is 0.864. The van der Waals surface area contributed by atoms with Crippen LogP contribution >= 0.6 is 0 Å². The second kappa shape index (κ2) is 1.88. The molecule has 0 saturated heterocycles. The van der Waals surface area contributed by atoms with Gasteiger partial charge in [0.05, 0.1) is 16.4 Å². The maximum absolute atomic E-state index is 3.65. The van der Waals surface area contributed by atoms with E-state index in [4.69, 9.17) is 0 Å². The molecule has 0 saturated carbocycles. The number of rotatable bonds is 1. The zero-order valence-corrected chi connectivity index (χ0v) is 4.70. The highest BCUT2D eigenvalue weighted by Crippen LogP contribution is 1.72. The first-order valence-electron chi connectivity index (χ1n) is 1.92. The van der Waals surface area contributed by atoms with Crippen molar-refractivity contribution in [2.24, 2.45) is 0 Å². The highest BCUT2D eigenvalue weighted by Gasteiger charge is 1.79. The molecule has 0 fully saturated rings. The lowest BCUT2D eigenvalue weighted by Gasteiger charge is -1.84. The highest BCUT2D eigenvalue weighted by molar-refractivity contribution is 6.06. The van der Waals surface area contributed by atoms with E-state index in [0.29, 0.717) is 6.17 Å². The summed E-state index contributed by atoms with van der Waals surface area (Å²) >= 11 is 0. The highest BCUT2D eigenvalue weighted by atomic mass is 28.1. The Morgan fingerprint density at radius 2 is 2.57 bits per heavy atom. The summed E-state index contributed by atoms with van der Waals surface area (Å²) < 4.78 is 1.68. The minimum Gasteiger partial charge on any atom is -0.256 e. The molecule has 0 aliphatic heterocycles. The van der Waals surface area contributed by atoms with Crippen LogP contribution in [0, 0.1) is 0 Å². The third-order valence-corrected chi connectivity index (χ3v) is 0.958. The van der Waals surface area contributed by atoms with Crippen LogP contribution in [0.2, 0.25) is 0 Å². The molecule has 3 nitrogen and oxygen atoms in total. The quantitative estimate of drug-likeness (QED) is 0.452. The van der Waals surface area contributed by atoms with Crippen LogP contribution in [0.15, 0.2) is 12.4 Å². The van der Waals surface area contributed by atoms with E-state index >= 15 is 0 Å². The van der Waals surface area contributed by atoms with Gasteiger partial charge in [-0.1, -0.05) is 5.21 Å². The summed E-state index contributed by atoms with van der Waals surface area (Å²) in [6, 6.07) is 0. The predicted octanol–water partition coefficient (Wildman–Crippen LogP) is -0.596. The SMILES string of the molecule is [Si]Cn1ccnn1. The summed E-state index contributed by atoms with van der Waals surface area (Å²) in [6.07, 6.45) is 4.13. The number of nitrogens with zero attached hydrogens (tertiary/aromatic N) is 3. The van der Waals surface area contributed by atoms with Crippen LogP contribution in [0.1, 0.15) is 0 Å². The van der Waals surface area contributed by atoms with Crippen LogP contribution in [0.3, 0.4) is 0 Å². The lowest BCUT2D eigenvalue weighted by Crippen LogP contribution is -1.96. The van der Waals surface area contributed by atoms with Gasteiger partial charge in [-0.25, -0.2) is 0 Å². The van der Waals surface area contributed by atoms with E-state index in [9.17, 15) is 0 Å². The molecule has 0 aromatic carbocycles. The fourth-order valence-electron chi connectivity index (χ4n) is 0.317. The van der Waals surface area contributed by atoms with Crippen molar-refractivity contribution in [3.05, 3.63) is 12.4 Å². The van der Waals surface area contributed by atoms with Gasteiger partial charge in [0.15, 0.2) is 0 Å². The van der Waals surface area contributed by atoms with Gasteiger partial charge in [0, 0.05) is 12.4 Å². The van der Waals surface area contributed by atoms with Crippen LogP contribution in [0.25, 0.3) is 0 Å². The van der Waals surface area contributed by atoms with Gasteiger partial charge in [-0.05, 0) is 0 Å². The third-order valence-electron chi connectivity index (χ3n) is 0.634. The van der Waals surface area contributed by atoms with E-state index < -0.39 is 0 Å². The maximum Gasteiger partial charge on any atom is 0.0692 e. The smallest absolute Gasteiger partial charge is 0.0692 e. The van der Waals surface area contributed by atoms with Gasteiger partial charge in [-0.3, -0.25) is 4.68 Å².